The van der Waals surface area contributed by atoms with Gasteiger partial charge in [0.25, 0.3) is 0 Å². The lowest BCUT2D eigenvalue weighted by atomic mass is 9.81. The molecule has 0 saturated heterocycles. The van der Waals surface area contributed by atoms with Crippen LogP contribution in [0.5, 0.6) is 5.75 Å². The van der Waals surface area contributed by atoms with Gasteiger partial charge in [0.2, 0.25) is 0 Å². The number of halogens is 1. The summed E-state index contributed by atoms with van der Waals surface area (Å²) in [5.41, 5.74) is 11.2. The number of hydrogen-bond donors (Lipinski definition) is 2. The van der Waals surface area contributed by atoms with E-state index in [-0.39, 0.29) is 5.41 Å². The van der Waals surface area contributed by atoms with Crippen molar-refractivity contribution < 1.29 is 5.11 Å². The van der Waals surface area contributed by atoms with Crippen LogP contribution in [0.4, 0.5) is 0 Å². The van der Waals surface area contributed by atoms with E-state index in [1.807, 2.05) is 0 Å². The molecule has 18 heavy (non-hydrogen) atoms. The average Bonchev–Trinajstić information content (AvgIpc) is 3.17. The normalized spacial score (nSPS) is 20.6. The summed E-state index contributed by atoms with van der Waals surface area (Å²) in [6.45, 7) is 2.81. The summed E-state index contributed by atoms with van der Waals surface area (Å²) in [5, 5.41) is 10.5. The zero-order valence-corrected chi connectivity index (χ0v) is 12.4. The first-order valence-corrected chi connectivity index (χ1v) is 7.63. The molecule has 0 aliphatic heterocycles. The quantitative estimate of drug-likeness (QED) is 0.880. The van der Waals surface area contributed by atoms with Gasteiger partial charge in [0.1, 0.15) is 5.75 Å². The summed E-state index contributed by atoms with van der Waals surface area (Å²) in [6, 6.07) is 0. The summed E-state index contributed by atoms with van der Waals surface area (Å²) >= 11 is 3.61. The van der Waals surface area contributed by atoms with Crippen molar-refractivity contribution in [3.05, 3.63) is 26.7 Å². The van der Waals surface area contributed by atoms with Gasteiger partial charge in [-0.3, -0.25) is 0 Å². The van der Waals surface area contributed by atoms with Crippen LogP contribution >= 0.6 is 15.9 Å². The molecule has 0 aromatic heterocycles. The van der Waals surface area contributed by atoms with Crippen molar-refractivity contribution >= 4 is 15.9 Å². The van der Waals surface area contributed by atoms with Gasteiger partial charge in [0, 0.05) is 17.5 Å². The Morgan fingerprint density at radius 1 is 1.22 bits per heavy atom. The van der Waals surface area contributed by atoms with Crippen molar-refractivity contribution in [3.8, 4) is 5.75 Å². The first-order chi connectivity index (χ1) is 8.60. The van der Waals surface area contributed by atoms with Crippen molar-refractivity contribution in [3.63, 3.8) is 0 Å². The Kier molecular flexibility index (Phi) is 2.94. The zero-order chi connectivity index (χ0) is 12.9. The lowest BCUT2D eigenvalue weighted by Gasteiger charge is -2.27. The first kappa shape index (κ1) is 12.5. The summed E-state index contributed by atoms with van der Waals surface area (Å²) < 4.78 is 0.928. The van der Waals surface area contributed by atoms with Crippen molar-refractivity contribution in [2.75, 3.05) is 6.54 Å². The van der Waals surface area contributed by atoms with E-state index < -0.39 is 0 Å². The van der Waals surface area contributed by atoms with Gasteiger partial charge in [0.15, 0.2) is 0 Å². The maximum atomic E-state index is 10.5. The summed E-state index contributed by atoms with van der Waals surface area (Å²) in [6.07, 6.45) is 6.95. The third kappa shape index (κ3) is 1.64. The van der Waals surface area contributed by atoms with E-state index in [0.717, 1.165) is 35.7 Å². The predicted octanol–water partition coefficient (Wildman–Crippen LogP) is 3.33. The molecule has 0 heterocycles. The molecule has 1 aromatic rings. The van der Waals surface area contributed by atoms with Gasteiger partial charge in [-0.25, -0.2) is 0 Å². The number of fused-ring (bicyclic) bond motifs is 1. The van der Waals surface area contributed by atoms with Crippen LogP contribution in [0.3, 0.4) is 0 Å². The third-order valence-corrected chi connectivity index (χ3v) is 5.63. The van der Waals surface area contributed by atoms with Crippen LogP contribution < -0.4 is 5.73 Å². The Balaban J connectivity index is 2.24. The van der Waals surface area contributed by atoms with Crippen molar-refractivity contribution in [1.29, 1.82) is 0 Å². The number of aromatic hydroxyl groups is 1. The highest BCUT2D eigenvalue weighted by Gasteiger charge is 2.46. The number of benzene rings is 1. The van der Waals surface area contributed by atoms with E-state index in [0.29, 0.717) is 12.3 Å². The second kappa shape index (κ2) is 4.24. The Morgan fingerprint density at radius 2 is 1.83 bits per heavy atom. The van der Waals surface area contributed by atoms with Crippen LogP contribution in [0.25, 0.3) is 0 Å². The number of phenolic OH excluding ortho intramolecular Hbond substituents is 1. The third-order valence-electron chi connectivity index (χ3n) is 4.78. The van der Waals surface area contributed by atoms with Crippen LogP contribution in [0.15, 0.2) is 4.47 Å². The fourth-order valence-electron chi connectivity index (χ4n) is 3.50. The van der Waals surface area contributed by atoms with Crippen LogP contribution in [-0.2, 0) is 18.3 Å². The first-order valence-electron chi connectivity index (χ1n) is 6.84. The molecule has 1 fully saturated rings. The largest absolute Gasteiger partial charge is 0.506 e. The van der Waals surface area contributed by atoms with Crippen LogP contribution in [-0.4, -0.2) is 11.7 Å². The average molecular weight is 310 g/mol. The van der Waals surface area contributed by atoms with E-state index >= 15 is 0 Å². The highest BCUT2D eigenvalue weighted by atomic mass is 79.9. The van der Waals surface area contributed by atoms with Crippen LogP contribution in [0.1, 0.15) is 47.9 Å². The van der Waals surface area contributed by atoms with Gasteiger partial charge < -0.3 is 10.8 Å². The number of hydrogen-bond acceptors (Lipinski definition) is 2. The number of phenols is 1. The molecule has 2 aliphatic carbocycles. The Hall–Kier alpha value is -0.540. The zero-order valence-electron chi connectivity index (χ0n) is 10.9. The molecule has 98 valence electrons. The van der Waals surface area contributed by atoms with Gasteiger partial charge in [0.05, 0.1) is 4.47 Å². The molecule has 0 atom stereocenters. The molecule has 3 N–H and O–H groups in total. The lowest BCUT2D eigenvalue weighted by molar-refractivity contribution is 0.451. The fraction of sp³-hybridized carbons (Fsp3) is 0.600. The molecule has 1 saturated carbocycles. The molecule has 2 nitrogen and oxygen atoms in total. The second-order valence-corrected chi connectivity index (χ2v) is 6.60. The molecule has 3 heteroatoms. The molecular weight excluding hydrogens is 290 g/mol. The minimum Gasteiger partial charge on any atom is -0.506 e. The van der Waals surface area contributed by atoms with E-state index in [1.54, 1.807) is 0 Å². The standard InChI is InChI=1S/C15H20BrNO/c1-9-10-4-2-3-5-11(10)13(16)14(18)12(9)15(8-17)6-7-15/h18H,2-8,17H2,1H3. The Morgan fingerprint density at radius 3 is 2.39 bits per heavy atom. The molecule has 0 unspecified atom stereocenters. The van der Waals surface area contributed by atoms with Gasteiger partial charge in [-0.1, -0.05) is 0 Å². The van der Waals surface area contributed by atoms with E-state index in [9.17, 15) is 5.11 Å². The van der Waals surface area contributed by atoms with E-state index in [4.69, 9.17) is 5.73 Å². The second-order valence-electron chi connectivity index (χ2n) is 5.81. The summed E-state index contributed by atoms with van der Waals surface area (Å²) in [4.78, 5) is 0. The van der Waals surface area contributed by atoms with Gasteiger partial charge in [-0.15, -0.1) is 0 Å². The molecule has 0 radical (unpaired) electrons. The van der Waals surface area contributed by atoms with Gasteiger partial charge in [-0.2, -0.15) is 0 Å². The molecule has 3 rings (SSSR count). The Bertz CT molecular complexity index is 506. The topological polar surface area (TPSA) is 46.2 Å². The maximum Gasteiger partial charge on any atom is 0.134 e. The number of rotatable bonds is 2. The fourth-order valence-corrected chi connectivity index (χ4v) is 4.13. The predicted molar refractivity (Wildman–Crippen MR) is 77.2 cm³/mol. The van der Waals surface area contributed by atoms with E-state index in [2.05, 4.69) is 22.9 Å². The SMILES string of the molecule is Cc1c2c(c(Br)c(O)c1C1(CN)CC1)CCCC2. The van der Waals surface area contributed by atoms with Crippen LogP contribution in [0.2, 0.25) is 0 Å². The maximum absolute atomic E-state index is 10.5. The highest BCUT2D eigenvalue weighted by Crippen LogP contribution is 2.55. The molecule has 1 aromatic carbocycles. The van der Waals surface area contributed by atoms with Crippen molar-refractivity contribution in [2.24, 2.45) is 5.73 Å². The molecule has 2 aliphatic rings. The minimum absolute atomic E-state index is 0.0587. The summed E-state index contributed by atoms with van der Waals surface area (Å²) in [5.74, 6) is 0.455. The van der Waals surface area contributed by atoms with Crippen LogP contribution in [0, 0.1) is 6.92 Å². The molecule has 0 amide bonds. The van der Waals surface area contributed by atoms with Gasteiger partial charge >= 0.3 is 0 Å². The molecular formula is C15H20BrNO. The van der Waals surface area contributed by atoms with Gasteiger partial charge in [-0.05, 0) is 78.1 Å². The minimum atomic E-state index is 0.0587. The molecule has 0 spiro atoms. The van der Waals surface area contributed by atoms with Crippen molar-refractivity contribution in [2.45, 2.75) is 50.9 Å². The lowest BCUT2D eigenvalue weighted by Crippen LogP contribution is -2.22. The Labute approximate surface area is 117 Å². The summed E-state index contributed by atoms with van der Waals surface area (Å²) in [7, 11) is 0. The van der Waals surface area contributed by atoms with Crippen molar-refractivity contribution in [1.82, 2.24) is 0 Å². The highest BCUT2D eigenvalue weighted by molar-refractivity contribution is 9.10. The molecule has 0 bridgehead atoms. The smallest absolute Gasteiger partial charge is 0.134 e. The number of nitrogens with two attached hydrogens (primary N) is 1. The van der Waals surface area contributed by atoms with E-state index in [1.165, 1.54) is 29.5 Å². The monoisotopic (exact) mass is 309 g/mol.